The summed E-state index contributed by atoms with van der Waals surface area (Å²) in [4.78, 5) is 157. The van der Waals surface area contributed by atoms with Gasteiger partial charge in [-0.3, -0.25) is 130 Å². The highest BCUT2D eigenvalue weighted by molar-refractivity contribution is 7.75. The second-order valence-electron chi connectivity index (χ2n) is 32.2. The van der Waals surface area contributed by atoms with Crippen LogP contribution in [0.3, 0.4) is 0 Å². The molecule has 5 aromatic heterocycles. The van der Waals surface area contributed by atoms with Crippen molar-refractivity contribution < 1.29 is 203 Å². The molecular formula is C84H95F2N5O41P10. The largest absolute Gasteiger partial charge is 0.427 e. The van der Waals surface area contributed by atoms with Gasteiger partial charge in [0.1, 0.15) is 28.9 Å². The van der Waals surface area contributed by atoms with Gasteiger partial charge in [-0.05, 0) is 139 Å². The van der Waals surface area contributed by atoms with Crippen LogP contribution in [-0.4, -0.2) is 143 Å². The molecule has 0 amide bonds. The van der Waals surface area contributed by atoms with Crippen LogP contribution in [0.25, 0.3) is 0 Å². The molecule has 58 heteroatoms. The smallest absolute Gasteiger partial charge is 0.374 e. The number of benzene rings is 5. The Morgan fingerprint density at radius 2 is 0.648 bits per heavy atom. The Hall–Kier alpha value is -8.58. The van der Waals surface area contributed by atoms with Crippen molar-refractivity contribution in [1.82, 2.24) is 24.9 Å². The van der Waals surface area contributed by atoms with Crippen LogP contribution < -0.4 is 14.2 Å². The summed E-state index contributed by atoms with van der Waals surface area (Å²) in [6, 6.07) is 39.1. The zero-order valence-corrected chi connectivity index (χ0v) is 84.0. The van der Waals surface area contributed by atoms with Gasteiger partial charge in [0.15, 0.2) is 0 Å². The van der Waals surface area contributed by atoms with E-state index in [4.69, 9.17) is 59.4 Å². The van der Waals surface area contributed by atoms with Crippen molar-refractivity contribution in [2.75, 3.05) is 0 Å². The van der Waals surface area contributed by atoms with Gasteiger partial charge < -0.3 is 88.7 Å². The Morgan fingerprint density at radius 3 is 0.986 bits per heavy atom. The summed E-state index contributed by atoms with van der Waals surface area (Å²) in [5.74, 6) is -3.26. The second-order valence-corrected chi connectivity index (χ2v) is 53.9. The van der Waals surface area contributed by atoms with Gasteiger partial charge >= 0.3 is 93.9 Å². The number of hydrogen-bond acceptors (Lipinski definition) is 36. The maximum Gasteiger partial charge on any atom is 0.374 e. The normalized spacial score (nSPS) is 32.5. The standard InChI is InChI=1S/3C18H21NO9P2.2C15H16FNO7P2/c1-12(2)16(20)26-15-7-5-14(6-8-15)17-27-29(22,23)18(21,30(24,25)28-17)10-13-4-3-9-19-11-13;1-2-5-16(20)26-15-8-3-7-14(10-15)17-27-29(22,23)18(21,30(24,25)28-17)11-13-6-4-9-19-12-13;1-2-6-16(20)26-15-9-4-3-8-14(15)17-27-29(22,23)18(21,30(24,25)28-17)11-13-7-5-10-19-12-13;1-10-4-5-13(16)12(7-10)14-23-25(19,20)15(18,26(21,22)24-14)8-11-3-2-6-17-9-11;1-10-4-5-12(13(16)7-10)14-23-25(19,20)15(18,26(21,22)24-14)8-11-3-2-6-17-9-11/h3-9,11-12,17,21H,10H2,1-2H3,(H,22,23)(H,24,25);3-4,6-10,12,17,21H,2,5,11H2,1H3,(H,22,23)(H,24,25);3-5,7-10,12,17,21H,2,6,11H2,1H3,(H,22,23)(H,24,25);2*2-7,9,14,18H,8H2,1H3,(H,19,20)(H,21,22). The van der Waals surface area contributed by atoms with Gasteiger partial charge in [-0.2, -0.15) is 0 Å². The van der Waals surface area contributed by atoms with Crippen molar-refractivity contribution in [3.63, 3.8) is 0 Å². The van der Waals surface area contributed by atoms with Crippen LogP contribution in [0.4, 0.5) is 8.78 Å². The van der Waals surface area contributed by atoms with E-state index < -0.39 is 194 Å². The summed E-state index contributed by atoms with van der Waals surface area (Å²) in [7, 11) is -51.1. The van der Waals surface area contributed by atoms with E-state index in [1.807, 2.05) is 6.92 Å². The number of esters is 3. The minimum absolute atomic E-state index is 0.0473. The van der Waals surface area contributed by atoms with E-state index >= 15 is 0 Å². The van der Waals surface area contributed by atoms with Crippen LogP contribution in [0, 0.1) is 31.4 Å². The molecule has 46 nitrogen and oxygen atoms in total. The first-order valence-electron chi connectivity index (χ1n) is 41.9. The molecule has 5 aromatic carbocycles. The maximum absolute atomic E-state index is 14.1. The third-order valence-electron chi connectivity index (χ3n) is 21.1. The number of aliphatic hydroxyl groups is 5. The monoisotopic (exact) mass is 2180 g/mol. The minimum atomic E-state index is -5.13. The van der Waals surface area contributed by atoms with Crippen LogP contribution in [0.15, 0.2) is 232 Å². The molecule has 10 heterocycles. The fraction of sp³-hybridized carbons (Fsp3) is 0.310. The summed E-state index contributed by atoms with van der Waals surface area (Å²) in [6.45, 7) is 10.2. The average molecular weight is 2180 g/mol. The fourth-order valence-corrected chi connectivity index (χ4v) is 31.2. The Kier molecular flexibility index (Phi) is 36.4. The Labute approximate surface area is 806 Å². The molecule has 5 fully saturated rings. The molecule has 766 valence electrons. The quantitative estimate of drug-likeness (QED) is 0.0161. The van der Waals surface area contributed by atoms with Gasteiger partial charge in [0.2, 0.25) is 31.5 Å². The highest BCUT2D eigenvalue weighted by Gasteiger charge is 2.72. The number of para-hydroxylation sites is 1. The summed E-state index contributed by atoms with van der Waals surface area (Å²) < 4.78 is 221. The van der Waals surface area contributed by atoms with E-state index in [9.17, 15) is 143 Å². The van der Waals surface area contributed by atoms with E-state index in [1.54, 1.807) is 34.6 Å². The van der Waals surface area contributed by atoms with Crippen LogP contribution in [0.2, 0.25) is 0 Å². The second kappa shape index (κ2) is 45.4. The van der Waals surface area contributed by atoms with Gasteiger partial charge in [-0.1, -0.05) is 124 Å². The molecule has 5 aliphatic rings. The molecule has 0 radical (unpaired) electrons. The summed E-state index contributed by atoms with van der Waals surface area (Å²) in [6.07, 6.45) is 2.34. The molecule has 15 N–H and O–H groups in total. The first-order chi connectivity index (χ1) is 66.2. The van der Waals surface area contributed by atoms with E-state index in [2.05, 4.69) is 24.9 Å². The number of rotatable bonds is 23. The van der Waals surface area contributed by atoms with Crippen molar-refractivity contribution in [1.29, 1.82) is 0 Å². The molecule has 5 saturated heterocycles. The number of aromatic nitrogens is 5. The van der Waals surface area contributed by atoms with Gasteiger partial charge in [-0.25, -0.2) is 8.78 Å². The lowest BCUT2D eigenvalue weighted by atomic mass is 10.1. The highest BCUT2D eigenvalue weighted by Crippen LogP contribution is 2.84. The van der Waals surface area contributed by atoms with Crippen molar-refractivity contribution in [3.8, 4) is 17.2 Å². The number of carbonyl (C=O) groups is 3. The summed E-state index contributed by atoms with van der Waals surface area (Å²) >= 11 is 0. The molecule has 0 saturated carbocycles. The van der Waals surface area contributed by atoms with E-state index in [1.165, 1.54) is 220 Å². The topological polar surface area (TPSA) is 710 Å². The Bertz CT molecular complexity index is 6600. The number of aryl methyl sites for hydroxylation is 2. The number of hydrogen-bond donors (Lipinski definition) is 15. The van der Waals surface area contributed by atoms with E-state index in [-0.39, 0.29) is 91.6 Å². The minimum Gasteiger partial charge on any atom is -0.427 e. The zero-order chi connectivity index (χ0) is 104. The van der Waals surface area contributed by atoms with Crippen molar-refractivity contribution >= 4 is 93.9 Å². The molecule has 5 aliphatic heterocycles. The lowest BCUT2D eigenvalue weighted by Crippen LogP contribution is -2.38. The molecule has 15 rings (SSSR count). The van der Waals surface area contributed by atoms with Crippen LogP contribution in [0.1, 0.15) is 152 Å². The molecule has 0 bridgehead atoms. The van der Waals surface area contributed by atoms with Gasteiger partial charge in [-0.15, -0.1) is 0 Å². The number of pyridine rings is 5. The Balaban J connectivity index is 0.000000170. The predicted octanol–water partition coefficient (Wildman–Crippen LogP) is 14.8. The van der Waals surface area contributed by atoms with E-state index in [0.717, 1.165) is 12.1 Å². The third-order valence-corrected chi connectivity index (χ3v) is 44.0. The van der Waals surface area contributed by atoms with Crippen molar-refractivity contribution in [3.05, 3.63) is 310 Å². The molecular weight excluding hydrogens is 2080 g/mol. The van der Waals surface area contributed by atoms with E-state index in [0.29, 0.717) is 24.0 Å². The first kappa shape index (κ1) is 114. The number of halogens is 2. The molecule has 0 spiro atoms. The third kappa shape index (κ3) is 25.6. The fourth-order valence-electron chi connectivity index (χ4n) is 13.4. The lowest BCUT2D eigenvalue weighted by Gasteiger charge is -2.41. The summed E-state index contributed by atoms with van der Waals surface area (Å²) in [5, 5.41) is 37.8. The number of nitrogens with zero attached hydrogens (tertiary/aromatic N) is 5. The summed E-state index contributed by atoms with van der Waals surface area (Å²) in [5.41, 5.74) is 1.74. The average Bonchev–Trinajstić information content (AvgIpc) is 0.739. The predicted molar refractivity (Wildman–Crippen MR) is 490 cm³/mol. The number of ether oxygens (including phenoxy) is 3. The Morgan fingerprint density at radius 1 is 0.331 bits per heavy atom. The van der Waals surface area contributed by atoms with Crippen LogP contribution in [0.5, 0.6) is 17.2 Å². The number of carbonyl (C=O) groups excluding carboxylic acids is 3. The van der Waals surface area contributed by atoms with Crippen LogP contribution >= 0.6 is 76.0 Å². The molecule has 10 unspecified atom stereocenters. The molecule has 10 aromatic rings. The maximum atomic E-state index is 14.1. The SMILES string of the molecule is CC(C)C(=O)Oc1ccc(C2OP(=O)(O)C(O)(Cc3cccnc3)P(=O)(O)O2)cc1.CCCC(=O)Oc1cccc(C2OP(=O)(O)C(O)(Cc3cccnc3)P(=O)(O)O2)c1.CCCC(=O)Oc1ccccc1C1OP(=O)(O)C(O)(Cc2cccnc2)P(=O)(O)O1.Cc1ccc(C2OP(=O)(O)C(O)(Cc3cccnc3)P(=O)(O)O2)c(F)c1.Cc1ccc(F)c(C2OP(=O)(O)C(O)(Cc3cccnc3)P(=O)(O)O2)c1. The van der Waals surface area contributed by atoms with Gasteiger partial charge in [0, 0.05) is 129 Å². The van der Waals surface area contributed by atoms with Crippen LogP contribution in [-0.2, 0) is 137 Å². The van der Waals surface area contributed by atoms with Gasteiger partial charge in [0.05, 0.1) is 11.5 Å². The molecule has 0 aliphatic carbocycles. The highest BCUT2D eigenvalue weighted by atomic mass is 31.3. The van der Waals surface area contributed by atoms with Crippen molar-refractivity contribution in [2.45, 2.75) is 156 Å². The molecule has 142 heavy (non-hydrogen) atoms. The molecule has 10 atom stereocenters. The zero-order valence-electron chi connectivity index (χ0n) is 75.1. The lowest BCUT2D eigenvalue weighted by molar-refractivity contribution is -0.138. The van der Waals surface area contributed by atoms with Gasteiger partial charge in [0.25, 0.3) is 25.4 Å². The van der Waals surface area contributed by atoms with Crippen molar-refractivity contribution in [2.24, 2.45) is 5.92 Å². The first-order valence-corrected chi connectivity index (χ1v) is 57.6.